The Morgan fingerprint density at radius 2 is 1.79 bits per heavy atom. The number of nitro benzene ring substituents is 1. The van der Waals surface area contributed by atoms with E-state index in [0.717, 1.165) is 5.56 Å². The Morgan fingerprint density at radius 1 is 1.12 bits per heavy atom. The molecule has 0 aliphatic heterocycles. The van der Waals surface area contributed by atoms with Gasteiger partial charge in [0.05, 0.1) is 21.6 Å². The third kappa shape index (κ3) is 4.66. The SMILES string of the molecule is O=[N+]([O-])c1ccc([C@H](O)[C@H](CO)[NH2+]Cc2ccc(Cl)c(Cl)c2)cc1. The summed E-state index contributed by atoms with van der Waals surface area (Å²) < 4.78 is 0. The molecule has 0 saturated carbocycles. The van der Waals surface area contributed by atoms with E-state index in [-0.39, 0.29) is 12.3 Å². The highest BCUT2D eigenvalue weighted by molar-refractivity contribution is 6.42. The smallest absolute Gasteiger partial charge is 0.269 e. The molecule has 2 aromatic carbocycles. The summed E-state index contributed by atoms with van der Waals surface area (Å²) in [5, 5.41) is 33.3. The van der Waals surface area contributed by atoms with E-state index < -0.39 is 17.1 Å². The van der Waals surface area contributed by atoms with Crippen molar-refractivity contribution in [1.82, 2.24) is 0 Å². The van der Waals surface area contributed by atoms with Crippen molar-refractivity contribution in [3.05, 3.63) is 73.8 Å². The third-order valence-corrected chi connectivity index (χ3v) is 4.44. The number of rotatable bonds is 7. The standard InChI is InChI=1S/C16H16Cl2N2O4/c17-13-6-1-10(7-14(13)18)8-19-15(9-21)16(22)11-2-4-12(5-3-11)20(23)24/h1-7,15-16,19,21-22H,8-9H2/p+1/t15-,16-/m0/s1. The van der Waals surface area contributed by atoms with E-state index in [9.17, 15) is 20.3 Å². The number of aliphatic hydroxyl groups is 2. The molecular formula is C16H17Cl2N2O4+. The summed E-state index contributed by atoms with van der Waals surface area (Å²) in [6, 6.07) is 10.3. The van der Waals surface area contributed by atoms with Crippen LogP contribution in [0, 0.1) is 10.1 Å². The van der Waals surface area contributed by atoms with Crippen molar-refractivity contribution in [2.75, 3.05) is 6.61 Å². The molecule has 0 aliphatic rings. The molecular weight excluding hydrogens is 355 g/mol. The first-order valence-corrected chi connectivity index (χ1v) is 7.98. The predicted molar refractivity (Wildman–Crippen MR) is 91.0 cm³/mol. The van der Waals surface area contributed by atoms with Gasteiger partial charge in [0.2, 0.25) is 0 Å². The summed E-state index contributed by atoms with van der Waals surface area (Å²) in [7, 11) is 0. The van der Waals surface area contributed by atoms with Gasteiger partial charge < -0.3 is 15.5 Å². The van der Waals surface area contributed by atoms with Crippen LogP contribution >= 0.6 is 23.2 Å². The zero-order chi connectivity index (χ0) is 17.7. The van der Waals surface area contributed by atoms with Crippen LogP contribution in [0.3, 0.4) is 0 Å². The van der Waals surface area contributed by atoms with Crippen LogP contribution < -0.4 is 5.32 Å². The molecule has 0 radical (unpaired) electrons. The van der Waals surface area contributed by atoms with Crippen LogP contribution in [0.1, 0.15) is 17.2 Å². The molecule has 0 unspecified atom stereocenters. The Bertz CT molecular complexity index is 710. The first kappa shape index (κ1) is 18.6. The van der Waals surface area contributed by atoms with Gasteiger partial charge in [-0.05, 0) is 29.8 Å². The van der Waals surface area contributed by atoms with Crippen molar-refractivity contribution < 1.29 is 20.5 Å². The van der Waals surface area contributed by atoms with E-state index in [1.165, 1.54) is 24.3 Å². The Morgan fingerprint density at radius 3 is 2.33 bits per heavy atom. The monoisotopic (exact) mass is 371 g/mol. The zero-order valence-corrected chi connectivity index (χ0v) is 14.1. The van der Waals surface area contributed by atoms with Gasteiger partial charge in [0.1, 0.15) is 18.7 Å². The molecule has 0 amide bonds. The number of nitro groups is 1. The minimum Gasteiger partial charge on any atom is -0.390 e. The Kier molecular flexibility index (Phi) is 6.53. The number of nitrogens with zero attached hydrogens (tertiary/aromatic N) is 1. The minimum absolute atomic E-state index is 0.0497. The van der Waals surface area contributed by atoms with Gasteiger partial charge in [-0.15, -0.1) is 0 Å². The number of aliphatic hydroxyl groups excluding tert-OH is 2. The van der Waals surface area contributed by atoms with Crippen molar-refractivity contribution in [3.63, 3.8) is 0 Å². The summed E-state index contributed by atoms with van der Waals surface area (Å²) in [6.07, 6.45) is -0.960. The van der Waals surface area contributed by atoms with Gasteiger partial charge in [-0.25, -0.2) is 0 Å². The van der Waals surface area contributed by atoms with Gasteiger partial charge in [-0.1, -0.05) is 29.3 Å². The Labute approximate surface area is 148 Å². The summed E-state index contributed by atoms with van der Waals surface area (Å²) in [4.78, 5) is 10.2. The maximum atomic E-state index is 10.7. The highest BCUT2D eigenvalue weighted by Crippen LogP contribution is 2.22. The fourth-order valence-corrected chi connectivity index (χ4v) is 2.62. The van der Waals surface area contributed by atoms with Crippen molar-refractivity contribution in [2.24, 2.45) is 0 Å². The number of quaternary nitrogens is 1. The first-order valence-electron chi connectivity index (χ1n) is 7.23. The highest BCUT2D eigenvalue weighted by atomic mass is 35.5. The molecule has 0 heterocycles. The maximum absolute atomic E-state index is 10.7. The van der Waals surface area contributed by atoms with Gasteiger partial charge in [0, 0.05) is 17.7 Å². The summed E-state index contributed by atoms with van der Waals surface area (Å²) in [5.74, 6) is 0. The average molecular weight is 372 g/mol. The van der Waals surface area contributed by atoms with E-state index in [2.05, 4.69) is 0 Å². The number of nitrogens with two attached hydrogens (primary N) is 1. The summed E-state index contributed by atoms with van der Waals surface area (Å²) in [5.41, 5.74) is 1.36. The van der Waals surface area contributed by atoms with Gasteiger partial charge in [-0.3, -0.25) is 10.1 Å². The molecule has 0 aliphatic carbocycles. The first-order chi connectivity index (χ1) is 11.4. The van der Waals surface area contributed by atoms with Crippen molar-refractivity contribution in [3.8, 4) is 0 Å². The topological polar surface area (TPSA) is 100 Å². The van der Waals surface area contributed by atoms with Crippen molar-refractivity contribution in [1.29, 1.82) is 0 Å². The molecule has 128 valence electrons. The number of hydrogen-bond acceptors (Lipinski definition) is 4. The maximum Gasteiger partial charge on any atom is 0.269 e. The fraction of sp³-hybridized carbons (Fsp3) is 0.250. The van der Waals surface area contributed by atoms with Crippen LogP contribution in [0.25, 0.3) is 0 Å². The summed E-state index contributed by atoms with van der Waals surface area (Å²) >= 11 is 11.8. The van der Waals surface area contributed by atoms with Crippen LogP contribution in [-0.4, -0.2) is 27.8 Å². The second-order valence-electron chi connectivity index (χ2n) is 5.33. The van der Waals surface area contributed by atoms with Crippen molar-refractivity contribution in [2.45, 2.75) is 18.7 Å². The number of non-ortho nitro benzene ring substituents is 1. The predicted octanol–water partition coefficient (Wildman–Crippen LogP) is 2.06. The van der Waals surface area contributed by atoms with E-state index in [1.807, 2.05) is 6.07 Å². The second-order valence-corrected chi connectivity index (χ2v) is 6.14. The quantitative estimate of drug-likeness (QED) is 0.512. The van der Waals surface area contributed by atoms with Crippen molar-refractivity contribution >= 4 is 28.9 Å². The fourth-order valence-electron chi connectivity index (χ4n) is 2.30. The number of halogens is 2. The molecule has 6 nitrogen and oxygen atoms in total. The molecule has 0 fully saturated rings. The lowest BCUT2D eigenvalue weighted by Crippen LogP contribution is -2.90. The van der Waals surface area contributed by atoms with E-state index >= 15 is 0 Å². The normalized spacial score (nSPS) is 13.5. The lowest BCUT2D eigenvalue weighted by molar-refractivity contribution is -0.714. The largest absolute Gasteiger partial charge is 0.390 e. The molecule has 4 N–H and O–H groups in total. The van der Waals surface area contributed by atoms with E-state index in [0.29, 0.717) is 22.2 Å². The van der Waals surface area contributed by atoms with Crippen LogP contribution in [0.5, 0.6) is 0 Å². The van der Waals surface area contributed by atoms with Crippen LogP contribution in [-0.2, 0) is 6.54 Å². The molecule has 0 saturated heterocycles. The Hall–Kier alpha value is -1.70. The molecule has 8 heteroatoms. The van der Waals surface area contributed by atoms with E-state index in [4.69, 9.17) is 23.2 Å². The van der Waals surface area contributed by atoms with E-state index in [1.54, 1.807) is 17.4 Å². The van der Waals surface area contributed by atoms with Gasteiger partial charge in [0.15, 0.2) is 0 Å². The molecule has 0 bridgehead atoms. The average Bonchev–Trinajstić information content (AvgIpc) is 2.58. The molecule has 2 rings (SSSR count). The molecule has 0 aromatic heterocycles. The Balaban J connectivity index is 2.03. The number of benzene rings is 2. The third-order valence-electron chi connectivity index (χ3n) is 3.70. The lowest BCUT2D eigenvalue weighted by atomic mass is 10.0. The highest BCUT2D eigenvalue weighted by Gasteiger charge is 2.24. The van der Waals surface area contributed by atoms with Gasteiger partial charge in [0.25, 0.3) is 5.69 Å². The molecule has 24 heavy (non-hydrogen) atoms. The van der Waals surface area contributed by atoms with Crippen LogP contribution in [0.4, 0.5) is 5.69 Å². The van der Waals surface area contributed by atoms with Crippen LogP contribution in [0.15, 0.2) is 42.5 Å². The molecule has 2 aromatic rings. The minimum atomic E-state index is -0.960. The molecule has 2 atom stereocenters. The second kappa shape index (κ2) is 8.41. The molecule has 0 spiro atoms. The summed E-state index contributed by atoms with van der Waals surface area (Å²) in [6.45, 7) is 0.242. The zero-order valence-electron chi connectivity index (χ0n) is 12.6. The lowest BCUT2D eigenvalue weighted by Gasteiger charge is -2.19. The van der Waals surface area contributed by atoms with Crippen LogP contribution in [0.2, 0.25) is 10.0 Å². The van der Waals surface area contributed by atoms with Gasteiger partial charge in [-0.2, -0.15) is 0 Å². The number of hydrogen-bond donors (Lipinski definition) is 3. The van der Waals surface area contributed by atoms with Gasteiger partial charge >= 0.3 is 0 Å².